The average molecular weight is 245 g/mol. The maximum atomic E-state index is 13.5. The van der Waals surface area contributed by atoms with Crippen molar-refractivity contribution in [1.82, 2.24) is 4.98 Å². The molecule has 2 aromatic rings. The van der Waals surface area contributed by atoms with Gasteiger partial charge in [-0.15, -0.1) is 0 Å². The lowest BCUT2D eigenvalue weighted by atomic mass is 10.1. The molecule has 2 rings (SSSR count). The Morgan fingerprint density at radius 3 is 2.44 bits per heavy atom. The third-order valence-corrected chi connectivity index (χ3v) is 2.76. The zero-order chi connectivity index (χ0) is 13.1. The van der Waals surface area contributed by atoms with E-state index in [2.05, 4.69) is 10.3 Å². The minimum Gasteiger partial charge on any atom is -0.397 e. The highest BCUT2D eigenvalue weighted by atomic mass is 19.1. The first kappa shape index (κ1) is 12.4. The van der Waals surface area contributed by atoms with Crippen LogP contribution in [0.2, 0.25) is 0 Å². The van der Waals surface area contributed by atoms with Crippen LogP contribution in [0.5, 0.6) is 0 Å². The number of anilines is 2. The van der Waals surface area contributed by atoms with E-state index in [9.17, 15) is 4.39 Å². The van der Waals surface area contributed by atoms with Crippen molar-refractivity contribution >= 4 is 11.5 Å². The van der Waals surface area contributed by atoms with E-state index in [1.54, 1.807) is 26.1 Å². The summed E-state index contributed by atoms with van der Waals surface area (Å²) >= 11 is 0. The Balaban J connectivity index is 2.08. The SMILES string of the molecule is Cc1cc(CNc2ccc(N)cn2)cc(C)c1F. The maximum Gasteiger partial charge on any atom is 0.129 e. The molecule has 0 unspecified atom stereocenters. The largest absolute Gasteiger partial charge is 0.397 e. The van der Waals surface area contributed by atoms with E-state index in [1.165, 1.54) is 0 Å². The molecule has 3 nitrogen and oxygen atoms in total. The van der Waals surface area contributed by atoms with Gasteiger partial charge >= 0.3 is 0 Å². The van der Waals surface area contributed by atoms with Gasteiger partial charge in [0.25, 0.3) is 0 Å². The molecule has 0 fully saturated rings. The van der Waals surface area contributed by atoms with Gasteiger partial charge in [-0.2, -0.15) is 0 Å². The predicted octanol–water partition coefficient (Wildman–Crippen LogP) is 3.03. The van der Waals surface area contributed by atoms with Crippen LogP contribution in [0.4, 0.5) is 15.9 Å². The molecule has 0 aliphatic heterocycles. The van der Waals surface area contributed by atoms with Crippen LogP contribution >= 0.6 is 0 Å². The Morgan fingerprint density at radius 1 is 1.22 bits per heavy atom. The normalized spacial score (nSPS) is 10.4. The van der Waals surface area contributed by atoms with Crippen LogP contribution in [0.25, 0.3) is 0 Å². The summed E-state index contributed by atoms with van der Waals surface area (Å²) in [6.45, 7) is 4.15. The molecule has 3 N–H and O–H groups in total. The zero-order valence-corrected chi connectivity index (χ0v) is 10.5. The Bertz CT molecular complexity index is 526. The molecule has 94 valence electrons. The molecule has 0 saturated heterocycles. The third kappa shape index (κ3) is 2.77. The lowest BCUT2D eigenvalue weighted by Crippen LogP contribution is -2.03. The van der Waals surface area contributed by atoms with Crippen molar-refractivity contribution in [1.29, 1.82) is 0 Å². The molecular formula is C14H16FN3. The van der Waals surface area contributed by atoms with E-state index in [-0.39, 0.29) is 5.82 Å². The fourth-order valence-corrected chi connectivity index (χ4v) is 1.84. The second-order valence-corrected chi connectivity index (χ2v) is 4.37. The predicted molar refractivity (Wildman–Crippen MR) is 71.9 cm³/mol. The summed E-state index contributed by atoms with van der Waals surface area (Å²) in [4.78, 5) is 4.15. The summed E-state index contributed by atoms with van der Waals surface area (Å²) in [6.07, 6.45) is 1.60. The molecule has 0 aliphatic rings. The Kier molecular flexibility index (Phi) is 3.46. The Labute approximate surface area is 106 Å². The Morgan fingerprint density at radius 2 is 1.89 bits per heavy atom. The molecule has 18 heavy (non-hydrogen) atoms. The lowest BCUT2D eigenvalue weighted by Gasteiger charge is -2.09. The molecule has 0 bridgehead atoms. The molecule has 0 radical (unpaired) electrons. The van der Waals surface area contributed by atoms with Gasteiger partial charge in [0.05, 0.1) is 11.9 Å². The van der Waals surface area contributed by atoms with Gasteiger partial charge in [-0.25, -0.2) is 9.37 Å². The molecule has 0 saturated carbocycles. The number of hydrogen-bond donors (Lipinski definition) is 2. The quantitative estimate of drug-likeness (QED) is 0.873. The van der Waals surface area contributed by atoms with Gasteiger partial charge in [0.15, 0.2) is 0 Å². The van der Waals surface area contributed by atoms with Crippen LogP contribution in [0.3, 0.4) is 0 Å². The van der Waals surface area contributed by atoms with Gasteiger partial charge in [0, 0.05) is 6.54 Å². The number of nitrogens with zero attached hydrogens (tertiary/aromatic N) is 1. The standard InChI is InChI=1S/C14H16FN3/c1-9-5-11(6-10(2)14(9)15)7-17-13-4-3-12(16)8-18-13/h3-6,8H,7,16H2,1-2H3,(H,17,18). The molecule has 1 aromatic carbocycles. The van der Waals surface area contributed by atoms with Gasteiger partial charge < -0.3 is 11.1 Å². The van der Waals surface area contributed by atoms with Gasteiger partial charge in [0.2, 0.25) is 0 Å². The van der Waals surface area contributed by atoms with Gasteiger partial charge in [-0.3, -0.25) is 0 Å². The topological polar surface area (TPSA) is 50.9 Å². The van der Waals surface area contributed by atoms with Gasteiger partial charge in [0.1, 0.15) is 11.6 Å². The summed E-state index contributed by atoms with van der Waals surface area (Å²) in [6, 6.07) is 7.29. The molecular weight excluding hydrogens is 229 g/mol. The number of rotatable bonds is 3. The number of nitrogens with two attached hydrogens (primary N) is 1. The van der Waals surface area contributed by atoms with E-state index in [4.69, 9.17) is 5.73 Å². The maximum absolute atomic E-state index is 13.5. The highest BCUT2D eigenvalue weighted by Gasteiger charge is 2.04. The monoisotopic (exact) mass is 245 g/mol. The number of hydrogen-bond acceptors (Lipinski definition) is 3. The summed E-state index contributed by atoms with van der Waals surface area (Å²) in [7, 11) is 0. The first-order chi connectivity index (χ1) is 8.56. The fraction of sp³-hybridized carbons (Fsp3) is 0.214. The van der Waals surface area contributed by atoms with Crippen molar-refractivity contribution in [3.8, 4) is 0 Å². The van der Waals surface area contributed by atoms with Crippen LogP contribution in [0.1, 0.15) is 16.7 Å². The van der Waals surface area contributed by atoms with Crippen molar-refractivity contribution in [2.24, 2.45) is 0 Å². The number of nitrogens with one attached hydrogen (secondary N) is 1. The van der Waals surface area contributed by atoms with Crippen molar-refractivity contribution in [3.05, 3.63) is 53.0 Å². The summed E-state index contributed by atoms with van der Waals surface area (Å²) in [5.41, 5.74) is 8.55. The van der Waals surface area contributed by atoms with Crippen LogP contribution in [0.15, 0.2) is 30.5 Å². The number of aromatic nitrogens is 1. The number of halogens is 1. The minimum absolute atomic E-state index is 0.135. The van der Waals surface area contributed by atoms with Crippen molar-refractivity contribution in [2.45, 2.75) is 20.4 Å². The molecule has 0 amide bonds. The van der Waals surface area contributed by atoms with Crippen LogP contribution in [0, 0.1) is 19.7 Å². The fourth-order valence-electron chi connectivity index (χ4n) is 1.84. The summed E-state index contributed by atoms with van der Waals surface area (Å²) in [5.74, 6) is 0.619. The minimum atomic E-state index is -0.135. The second-order valence-electron chi connectivity index (χ2n) is 4.37. The lowest BCUT2D eigenvalue weighted by molar-refractivity contribution is 0.608. The highest BCUT2D eigenvalue weighted by molar-refractivity contribution is 5.44. The average Bonchev–Trinajstić information content (AvgIpc) is 2.35. The molecule has 0 atom stereocenters. The zero-order valence-electron chi connectivity index (χ0n) is 10.5. The van der Waals surface area contributed by atoms with Crippen LogP contribution in [-0.2, 0) is 6.54 Å². The first-order valence-electron chi connectivity index (χ1n) is 5.77. The van der Waals surface area contributed by atoms with Crippen molar-refractivity contribution in [3.63, 3.8) is 0 Å². The molecule has 1 heterocycles. The second kappa shape index (κ2) is 5.04. The van der Waals surface area contributed by atoms with Crippen molar-refractivity contribution in [2.75, 3.05) is 11.1 Å². The van der Waals surface area contributed by atoms with Crippen LogP contribution in [-0.4, -0.2) is 4.98 Å². The number of pyridine rings is 1. The van der Waals surface area contributed by atoms with E-state index in [0.29, 0.717) is 23.4 Å². The molecule has 0 spiro atoms. The van der Waals surface area contributed by atoms with E-state index < -0.39 is 0 Å². The van der Waals surface area contributed by atoms with E-state index >= 15 is 0 Å². The summed E-state index contributed by atoms with van der Waals surface area (Å²) in [5, 5.41) is 3.17. The van der Waals surface area contributed by atoms with E-state index in [1.807, 2.05) is 18.2 Å². The smallest absolute Gasteiger partial charge is 0.129 e. The van der Waals surface area contributed by atoms with Crippen LogP contribution < -0.4 is 11.1 Å². The highest BCUT2D eigenvalue weighted by Crippen LogP contribution is 2.16. The van der Waals surface area contributed by atoms with Gasteiger partial charge in [-0.1, -0.05) is 12.1 Å². The first-order valence-corrected chi connectivity index (χ1v) is 5.77. The molecule has 0 aliphatic carbocycles. The Hall–Kier alpha value is -2.10. The van der Waals surface area contributed by atoms with Crippen molar-refractivity contribution < 1.29 is 4.39 Å². The number of aryl methyl sites for hydroxylation is 2. The third-order valence-electron chi connectivity index (χ3n) is 2.76. The summed E-state index contributed by atoms with van der Waals surface area (Å²) < 4.78 is 13.5. The number of nitrogen functional groups attached to an aromatic ring is 1. The van der Waals surface area contributed by atoms with Gasteiger partial charge in [-0.05, 0) is 42.7 Å². The number of benzene rings is 1. The van der Waals surface area contributed by atoms with E-state index in [0.717, 1.165) is 11.4 Å². The molecule has 1 aromatic heterocycles. The molecule has 4 heteroatoms.